The Hall–Kier alpha value is -3.45. The largest absolute Gasteiger partial charge is 0.376 e. The molecule has 3 heterocycles. The van der Waals surface area contributed by atoms with E-state index in [4.69, 9.17) is 11.6 Å². The van der Waals surface area contributed by atoms with Gasteiger partial charge in [0.2, 0.25) is 0 Å². The van der Waals surface area contributed by atoms with Crippen molar-refractivity contribution in [3.63, 3.8) is 0 Å². The number of fused-ring (bicyclic) bond motifs is 1. The summed E-state index contributed by atoms with van der Waals surface area (Å²) in [5, 5.41) is 8.06. The van der Waals surface area contributed by atoms with Gasteiger partial charge >= 0.3 is 0 Å². The lowest BCUT2D eigenvalue weighted by atomic mass is 10.1. The van der Waals surface area contributed by atoms with Gasteiger partial charge in [-0.2, -0.15) is 0 Å². The number of rotatable bonds is 5. The molecule has 0 saturated carbocycles. The first kappa shape index (κ1) is 18.9. The first-order valence-corrected chi connectivity index (χ1v) is 9.44. The quantitative estimate of drug-likeness (QED) is 0.481. The highest BCUT2D eigenvalue weighted by Gasteiger charge is 2.12. The summed E-state index contributed by atoms with van der Waals surface area (Å²) in [4.78, 5) is 24.7. The molecular weight excluding hydrogens is 388 g/mol. The number of hydrogen-bond acceptors (Lipinski definition) is 6. The van der Waals surface area contributed by atoms with Crippen molar-refractivity contribution in [1.29, 1.82) is 0 Å². The van der Waals surface area contributed by atoms with Crippen molar-refractivity contribution < 1.29 is 0 Å². The lowest BCUT2D eigenvalue weighted by Crippen LogP contribution is -2.18. The Bertz CT molecular complexity index is 1230. The molecule has 146 valence electrons. The minimum atomic E-state index is -0.0936. The van der Waals surface area contributed by atoms with Gasteiger partial charge in [0.05, 0.1) is 17.3 Å². The summed E-state index contributed by atoms with van der Waals surface area (Å²) in [6.07, 6.45) is 4.85. The number of halogens is 1. The van der Waals surface area contributed by atoms with E-state index in [0.29, 0.717) is 5.15 Å². The molecule has 0 aliphatic carbocycles. The van der Waals surface area contributed by atoms with Crippen LogP contribution in [0, 0.1) is 0 Å². The molecule has 7 nitrogen and oxygen atoms in total. The summed E-state index contributed by atoms with van der Waals surface area (Å²) >= 11 is 5.98. The maximum atomic E-state index is 12.4. The predicted octanol–water partition coefficient (Wildman–Crippen LogP) is 4.29. The summed E-state index contributed by atoms with van der Waals surface area (Å²) < 4.78 is 1.63. The number of aromatic nitrogens is 4. The van der Waals surface area contributed by atoms with E-state index in [2.05, 4.69) is 25.6 Å². The zero-order valence-electron chi connectivity index (χ0n) is 15.9. The Kier molecular flexibility index (Phi) is 5.14. The summed E-state index contributed by atoms with van der Waals surface area (Å²) in [6, 6.07) is 12.8. The molecule has 0 saturated heterocycles. The molecular formula is C21H19ClN6O. The van der Waals surface area contributed by atoms with Gasteiger partial charge in [-0.25, -0.2) is 15.0 Å². The monoisotopic (exact) mass is 406 g/mol. The van der Waals surface area contributed by atoms with Crippen molar-refractivity contribution in [2.24, 2.45) is 7.05 Å². The molecule has 0 aliphatic heterocycles. The highest BCUT2D eigenvalue weighted by atomic mass is 35.5. The Morgan fingerprint density at radius 1 is 1.03 bits per heavy atom. The second kappa shape index (κ2) is 7.89. The molecule has 0 aliphatic rings. The van der Waals surface area contributed by atoms with Crippen LogP contribution in [0.15, 0.2) is 66.0 Å². The van der Waals surface area contributed by atoms with Gasteiger partial charge < -0.3 is 15.2 Å². The van der Waals surface area contributed by atoms with Crippen LogP contribution in [0.2, 0.25) is 5.15 Å². The number of nitrogens with one attached hydrogen (secondary N) is 2. The molecule has 4 aromatic rings. The first-order valence-electron chi connectivity index (χ1n) is 9.06. The molecule has 1 aromatic carbocycles. The summed E-state index contributed by atoms with van der Waals surface area (Å²) in [7, 11) is 1.76. The minimum absolute atomic E-state index is 0.0866. The SMILES string of the molecule is CC(Nc1cc(=O)n(C)c2ccc(Nc3ccnc(Cl)c3)cc12)c1ccncn1. The summed E-state index contributed by atoms with van der Waals surface area (Å²) in [6.45, 7) is 1.99. The molecule has 0 bridgehead atoms. The third kappa shape index (κ3) is 4.05. The highest BCUT2D eigenvalue weighted by Crippen LogP contribution is 2.29. The average molecular weight is 407 g/mol. The summed E-state index contributed by atoms with van der Waals surface area (Å²) in [5.41, 5.74) is 4.03. The second-order valence-corrected chi connectivity index (χ2v) is 7.07. The lowest BCUT2D eigenvalue weighted by Gasteiger charge is -2.18. The van der Waals surface area contributed by atoms with E-state index >= 15 is 0 Å². The Morgan fingerprint density at radius 3 is 2.62 bits per heavy atom. The van der Waals surface area contributed by atoms with Crippen molar-refractivity contribution in [3.8, 4) is 0 Å². The molecule has 1 atom stereocenters. The molecule has 0 amide bonds. The average Bonchev–Trinajstić information content (AvgIpc) is 2.72. The summed E-state index contributed by atoms with van der Waals surface area (Å²) in [5.74, 6) is 0. The zero-order valence-corrected chi connectivity index (χ0v) is 16.7. The lowest BCUT2D eigenvalue weighted by molar-refractivity contribution is 0.827. The maximum absolute atomic E-state index is 12.4. The number of hydrogen-bond donors (Lipinski definition) is 2. The second-order valence-electron chi connectivity index (χ2n) is 6.68. The minimum Gasteiger partial charge on any atom is -0.376 e. The molecule has 0 spiro atoms. The van der Waals surface area contributed by atoms with E-state index < -0.39 is 0 Å². The number of benzene rings is 1. The first-order chi connectivity index (χ1) is 14.0. The third-order valence-electron chi connectivity index (χ3n) is 4.68. The number of aryl methyl sites for hydroxylation is 1. The van der Waals surface area contributed by atoms with E-state index in [1.807, 2.05) is 37.3 Å². The molecule has 8 heteroatoms. The molecule has 1 unspecified atom stereocenters. The number of pyridine rings is 2. The van der Waals surface area contributed by atoms with Crippen LogP contribution in [-0.2, 0) is 7.05 Å². The smallest absolute Gasteiger partial charge is 0.252 e. The molecule has 4 rings (SSSR count). The maximum Gasteiger partial charge on any atom is 0.252 e. The molecule has 3 aromatic heterocycles. The Balaban J connectivity index is 1.74. The van der Waals surface area contributed by atoms with Crippen LogP contribution in [0.5, 0.6) is 0 Å². The van der Waals surface area contributed by atoms with Gasteiger partial charge in [0.25, 0.3) is 5.56 Å². The predicted molar refractivity (Wildman–Crippen MR) is 116 cm³/mol. The van der Waals surface area contributed by atoms with Crippen LogP contribution in [0.4, 0.5) is 17.1 Å². The van der Waals surface area contributed by atoms with Gasteiger partial charge in [0.1, 0.15) is 11.5 Å². The van der Waals surface area contributed by atoms with E-state index in [1.54, 1.807) is 36.1 Å². The fourth-order valence-electron chi connectivity index (χ4n) is 3.17. The van der Waals surface area contributed by atoms with E-state index in [9.17, 15) is 4.79 Å². The number of anilines is 3. The van der Waals surface area contributed by atoms with Gasteiger partial charge in [-0.05, 0) is 43.3 Å². The molecule has 29 heavy (non-hydrogen) atoms. The van der Waals surface area contributed by atoms with Crippen LogP contribution in [0.1, 0.15) is 18.7 Å². The van der Waals surface area contributed by atoms with Crippen molar-refractivity contribution >= 4 is 39.6 Å². The fraction of sp³-hybridized carbons (Fsp3) is 0.143. The van der Waals surface area contributed by atoms with Crippen LogP contribution >= 0.6 is 11.6 Å². The molecule has 0 fully saturated rings. The zero-order chi connectivity index (χ0) is 20.4. The van der Waals surface area contributed by atoms with E-state index in [0.717, 1.165) is 33.7 Å². The van der Waals surface area contributed by atoms with Crippen molar-refractivity contribution in [2.75, 3.05) is 10.6 Å². The van der Waals surface area contributed by atoms with E-state index in [1.165, 1.54) is 6.33 Å². The van der Waals surface area contributed by atoms with Gasteiger partial charge in [-0.3, -0.25) is 4.79 Å². The van der Waals surface area contributed by atoms with Crippen LogP contribution in [0.25, 0.3) is 10.9 Å². The third-order valence-corrected chi connectivity index (χ3v) is 4.89. The topological polar surface area (TPSA) is 84.7 Å². The number of nitrogens with zero attached hydrogens (tertiary/aromatic N) is 4. The van der Waals surface area contributed by atoms with Gasteiger partial charge in [-0.15, -0.1) is 0 Å². The van der Waals surface area contributed by atoms with E-state index in [-0.39, 0.29) is 11.6 Å². The Morgan fingerprint density at radius 2 is 1.86 bits per heavy atom. The van der Waals surface area contributed by atoms with Crippen molar-refractivity contribution in [3.05, 3.63) is 82.4 Å². The normalized spacial score (nSPS) is 12.0. The Labute approximate surface area is 172 Å². The fourth-order valence-corrected chi connectivity index (χ4v) is 3.34. The molecule has 0 radical (unpaired) electrons. The highest BCUT2D eigenvalue weighted by molar-refractivity contribution is 6.29. The van der Waals surface area contributed by atoms with Gasteiger partial charge in [-0.1, -0.05) is 11.6 Å². The molecule has 2 N–H and O–H groups in total. The van der Waals surface area contributed by atoms with Crippen LogP contribution in [-0.4, -0.2) is 19.5 Å². The van der Waals surface area contributed by atoms with Crippen LogP contribution < -0.4 is 16.2 Å². The van der Waals surface area contributed by atoms with Gasteiger partial charge in [0, 0.05) is 48.0 Å². The van der Waals surface area contributed by atoms with Crippen molar-refractivity contribution in [2.45, 2.75) is 13.0 Å². The standard InChI is InChI=1S/C21H19ClN6O/c1-13(17-6-7-23-12-25-17)26-18-11-21(29)28(2)19-4-3-14(9-16(18)19)27-15-5-8-24-20(22)10-15/h3-13,26H,1-2H3,(H,24,27). The van der Waals surface area contributed by atoms with Crippen LogP contribution in [0.3, 0.4) is 0 Å². The van der Waals surface area contributed by atoms with Crippen molar-refractivity contribution in [1.82, 2.24) is 19.5 Å². The van der Waals surface area contributed by atoms with Gasteiger partial charge in [0.15, 0.2) is 0 Å².